The highest BCUT2D eigenvalue weighted by atomic mass is 28.4. The minimum Gasteiger partial charge on any atom is -0.488 e. The fourth-order valence-electron chi connectivity index (χ4n) is 3.16. The van der Waals surface area contributed by atoms with Crippen molar-refractivity contribution in [3.8, 4) is 5.75 Å². The fourth-order valence-corrected chi connectivity index (χ4v) is 4.54. The third kappa shape index (κ3) is 4.06. The number of pyridine rings is 1. The van der Waals surface area contributed by atoms with Gasteiger partial charge in [0.1, 0.15) is 11.9 Å². The van der Waals surface area contributed by atoms with Crippen molar-refractivity contribution in [2.75, 3.05) is 0 Å². The molecule has 2 unspecified atom stereocenters. The molecule has 1 aromatic heterocycles. The van der Waals surface area contributed by atoms with Crippen molar-refractivity contribution < 1.29 is 9.16 Å². The van der Waals surface area contributed by atoms with E-state index in [1.54, 1.807) is 0 Å². The first kappa shape index (κ1) is 18.4. The molecule has 2 aromatic rings. The van der Waals surface area contributed by atoms with Crippen molar-refractivity contribution in [3.63, 3.8) is 0 Å². The SMILES string of the molecule is Cc1ccc2ccc(OC3CCCC3O[Si](C)(C)C(C)(C)C)cc2n1. The Bertz CT molecular complexity index is 751. The van der Waals surface area contributed by atoms with E-state index in [1.807, 2.05) is 13.0 Å². The fraction of sp³-hybridized carbons (Fsp3) is 0.571. The summed E-state index contributed by atoms with van der Waals surface area (Å²) >= 11 is 0. The number of hydrogen-bond donors (Lipinski definition) is 0. The van der Waals surface area contributed by atoms with Crippen LogP contribution in [-0.2, 0) is 4.43 Å². The third-order valence-electron chi connectivity index (χ3n) is 5.73. The van der Waals surface area contributed by atoms with Gasteiger partial charge in [-0.1, -0.05) is 26.8 Å². The van der Waals surface area contributed by atoms with E-state index in [9.17, 15) is 0 Å². The topological polar surface area (TPSA) is 31.4 Å². The molecule has 0 aliphatic heterocycles. The van der Waals surface area contributed by atoms with Gasteiger partial charge in [0.2, 0.25) is 0 Å². The van der Waals surface area contributed by atoms with Crippen LogP contribution in [0.1, 0.15) is 45.7 Å². The molecule has 2 atom stereocenters. The van der Waals surface area contributed by atoms with E-state index in [-0.39, 0.29) is 17.2 Å². The number of rotatable bonds is 4. The molecule has 1 saturated carbocycles. The predicted octanol–water partition coefficient (Wildman–Crippen LogP) is 5.86. The number of benzene rings is 1. The number of aromatic nitrogens is 1. The van der Waals surface area contributed by atoms with Crippen molar-refractivity contribution in [2.24, 2.45) is 0 Å². The molecule has 3 rings (SSSR count). The summed E-state index contributed by atoms with van der Waals surface area (Å²) in [6.45, 7) is 13.5. The van der Waals surface area contributed by atoms with Gasteiger partial charge in [-0.15, -0.1) is 0 Å². The van der Waals surface area contributed by atoms with Gasteiger partial charge in [0.15, 0.2) is 8.32 Å². The molecule has 1 aliphatic carbocycles. The average molecular weight is 358 g/mol. The molecular weight excluding hydrogens is 326 g/mol. The molecule has 25 heavy (non-hydrogen) atoms. The van der Waals surface area contributed by atoms with E-state index >= 15 is 0 Å². The van der Waals surface area contributed by atoms with E-state index in [1.165, 1.54) is 6.42 Å². The monoisotopic (exact) mass is 357 g/mol. The molecule has 0 amide bonds. The molecule has 4 heteroatoms. The Morgan fingerprint density at radius 3 is 2.44 bits per heavy atom. The number of fused-ring (bicyclic) bond motifs is 1. The maximum Gasteiger partial charge on any atom is 0.192 e. The Balaban J connectivity index is 1.75. The molecule has 1 aliphatic rings. The van der Waals surface area contributed by atoms with Crippen molar-refractivity contribution >= 4 is 19.2 Å². The second-order valence-corrected chi connectivity index (χ2v) is 13.6. The molecule has 0 saturated heterocycles. The lowest BCUT2D eigenvalue weighted by molar-refractivity contribution is 0.0679. The maximum atomic E-state index is 6.65. The average Bonchev–Trinajstić information content (AvgIpc) is 2.92. The van der Waals surface area contributed by atoms with Crippen LogP contribution in [-0.4, -0.2) is 25.5 Å². The zero-order chi connectivity index (χ0) is 18.2. The second-order valence-electron chi connectivity index (χ2n) is 8.81. The minimum absolute atomic E-state index is 0.149. The Hall–Kier alpha value is -1.39. The number of aryl methyl sites for hydroxylation is 1. The van der Waals surface area contributed by atoms with Crippen LogP contribution >= 0.6 is 0 Å². The van der Waals surface area contributed by atoms with Crippen LogP contribution in [0.15, 0.2) is 30.3 Å². The molecule has 0 spiro atoms. The summed E-state index contributed by atoms with van der Waals surface area (Å²) in [5, 5.41) is 1.38. The Kier molecular flexibility index (Phi) is 4.95. The summed E-state index contributed by atoms with van der Waals surface area (Å²) in [7, 11) is -1.77. The van der Waals surface area contributed by atoms with Gasteiger partial charge < -0.3 is 9.16 Å². The molecule has 1 fully saturated rings. The standard InChI is InChI=1S/C21H31NO2Si/c1-15-10-11-16-12-13-17(14-18(16)22-15)23-19-8-7-9-20(19)24-25(5,6)21(2,3)4/h10-14,19-20H,7-9H2,1-6H3. The molecule has 0 N–H and O–H groups in total. The Morgan fingerprint density at radius 1 is 1.04 bits per heavy atom. The lowest BCUT2D eigenvalue weighted by Gasteiger charge is -2.39. The largest absolute Gasteiger partial charge is 0.488 e. The van der Waals surface area contributed by atoms with E-state index in [4.69, 9.17) is 9.16 Å². The lowest BCUT2D eigenvalue weighted by atomic mass is 10.2. The van der Waals surface area contributed by atoms with Gasteiger partial charge >= 0.3 is 0 Å². The van der Waals surface area contributed by atoms with Gasteiger partial charge in [0.05, 0.1) is 11.6 Å². The quantitative estimate of drug-likeness (QED) is 0.642. The van der Waals surface area contributed by atoms with Gasteiger partial charge in [0.25, 0.3) is 0 Å². The first-order valence-corrected chi connectivity index (χ1v) is 12.3. The molecule has 1 aromatic carbocycles. The van der Waals surface area contributed by atoms with Gasteiger partial charge in [0, 0.05) is 17.1 Å². The predicted molar refractivity (Wildman–Crippen MR) is 107 cm³/mol. The Morgan fingerprint density at radius 2 is 1.72 bits per heavy atom. The van der Waals surface area contributed by atoms with Crippen LogP contribution in [0.4, 0.5) is 0 Å². The lowest BCUT2D eigenvalue weighted by Crippen LogP contribution is -2.46. The zero-order valence-corrected chi connectivity index (χ0v) is 17.4. The van der Waals surface area contributed by atoms with Gasteiger partial charge in [-0.25, -0.2) is 0 Å². The van der Waals surface area contributed by atoms with Gasteiger partial charge in [-0.3, -0.25) is 4.98 Å². The third-order valence-corrected chi connectivity index (χ3v) is 10.2. The van der Waals surface area contributed by atoms with Crippen molar-refractivity contribution in [1.29, 1.82) is 0 Å². The minimum atomic E-state index is -1.77. The van der Waals surface area contributed by atoms with Crippen LogP contribution < -0.4 is 4.74 Å². The normalized spacial score (nSPS) is 21.7. The van der Waals surface area contributed by atoms with Crippen LogP contribution in [0.5, 0.6) is 5.75 Å². The summed E-state index contributed by atoms with van der Waals surface area (Å²) in [6.07, 6.45) is 3.70. The second kappa shape index (κ2) is 6.73. The van der Waals surface area contributed by atoms with Crippen molar-refractivity contribution in [2.45, 2.75) is 77.3 Å². The number of ether oxygens (including phenoxy) is 1. The summed E-state index contributed by atoms with van der Waals surface area (Å²) in [4.78, 5) is 4.62. The number of hydrogen-bond acceptors (Lipinski definition) is 3. The first-order chi connectivity index (χ1) is 11.7. The number of nitrogens with zero attached hydrogens (tertiary/aromatic N) is 1. The van der Waals surface area contributed by atoms with Gasteiger partial charge in [-0.05, 0) is 62.5 Å². The molecule has 3 nitrogen and oxygen atoms in total. The molecular formula is C21H31NO2Si. The molecule has 0 bridgehead atoms. The Labute approximate surface area is 152 Å². The van der Waals surface area contributed by atoms with Crippen LogP contribution in [0.2, 0.25) is 18.1 Å². The van der Waals surface area contributed by atoms with Gasteiger partial charge in [-0.2, -0.15) is 0 Å². The van der Waals surface area contributed by atoms with Crippen LogP contribution in [0.3, 0.4) is 0 Å². The summed E-state index contributed by atoms with van der Waals surface area (Å²) in [5.41, 5.74) is 2.03. The van der Waals surface area contributed by atoms with Crippen LogP contribution in [0, 0.1) is 6.92 Å². The smallest absolute Gasteiger partial charge is 0.192 e. The van der Waals surface area contributed by atoms with Crippen LogP contribution in [0.25, 0.3) is 10.9 Å². The van der Waals surface area contributed by atoms with Crippen molar-refractivity contribution in [3.05, 3.63) is 36.0 Å². The molecule has 1 heterocycles. The first-order valence-electron chi connectivity index (χ1n) is 9.38. The summed E-state index contributed by atoms with van der Waals surface area (Å²) in [5.74, 6) is 0.904. The highest BCUT2D eigenvalue weighted by molar-refractivity contribution is 6.74. The molecule has 0 radical (unpaired) electrons. The summed E-state index contributed by atoms with van der Waals surface area (Å²) < 4.78 is 13.0. The highest BCUT2D eigenvalue weighted by Crippen LogP contribution is 2.40. The molecule has 136 valence electrons. The summed E-state index contributed by atoms with van der Waals surface area (Å²) in [6, 6.07) is 10.4. The van der Waals surface area contributed by atoms with Crippen molar-refractivity contribution in [1.82, 2.24) is 4.98 Å². The van der Waals surface area contributed by atoms with E-state index in [0.29, 0.717) is 0 Å². The highest BCUT2D eigenvalue weighted by Gasteiger charge is 2.42. The maximum absolute atomic E-state index is 6.65. The zero-order valence-electron chi connectivity index (χ0n) is 16.4. The van der Waals surface area contributed by atoms with E-state index in [0.717, 1.165) is 35.2 Å². The van der Waals surface area contributed by atoms with E-state index < -0.39 is 8.32 Å². The van der Waals surface area contributed by atoms with E-state index in [2.05, 4.69) is 63.1 Å².